The predicted octanol–water partition coefficient (Wildman–Crippen LogP) is 2.86. The van der Waals surface area contributed by atoms with Crippen LogP contribution in [0.5, 0.6) is 0 Å². The highest BCUT2D eigenvalue weighted by molar-refractivity contribution is 5.95. The molecular formula is C15H13F2N2O. The van der Waals surface area contributed by atoms with E-state index < -0.39 is 11.7 Å². The summed E-state index contributed by atoms with van der Waals surface area (Å²) in [6, 6.07) is 7.02. The molecule has 103 valence electrons. The second kappa shape index (κ2) is 6.23. The standard InChI is InChI=1S/C15H13F2N2O/c1-2-18-15(20)13-8-12(17)9-19-14(13)7-10-3-5-11(16)6-4-10/h2-6,8-9H,7H2,1H3,(H,18,20). The zero-order chi connectivity index (χ0) is 14.5. The Hall–Kier alpha value is -2.30. The molecule has 1 N–H and O–H groups in total. The molecule has 0 aliphatic rings. The van der Waals surface area contributed by atoms with E-state index in [1.807, 2.05) is 0 Å². The van der Waals surface area contributed by atoms with Gasteiger partial charge in [0.15, 0.2) is 0 Å². The van der Waals surface area contributed by atoms with Crippen molar-refractivity contribution in [1.29, 1.82) is 0 Å². The number of nitrogens with one attached hydrogen (secondary N) is 1. The van der Waals surface area contributed by atoms with Gasteiger partial charge in [-0.3, -0.25) is 9.78 Å². The highest BCUT2D eigenvalue weighted by Gasteiger charge is 2.14. The van der Waals surface area contributed by atoms with Gasteiger partial charge in [-0.1, -0.05) is 12.1 Å². The molecule has 20 heavy (non-hydrogen) atoms. The number of hydrogen-bond acceptors (Lipinski definition) is 2. The number of halogens is 2. The zero-order valence-corrected chi connectivity index (χ0v) is 10.9. The fourth-order valence-electron chi connectivity index (χ4n) is 1.81. The lowest BCUT2D eigenvalue weighted by Crippen LogP contribution is -2.21. The van der Waals surface area contributed by atoms with Gasteiger partial charge in [-0.15, -0.1) is 0 Å². The summed E-state index contributed by atoms with van der Waals surface area (Å²) in [7, 11) is 0. The molecule has 0 aliphatic carbocycles. The molecule has 1 amide bonds. The van der Waals surface area contributed by atoms with Crippen molar-refractivity contribution in [2.75, 3.05) is 0 Å². The summed E-state index contributed by atoms with van der Waals surface area (Å²) in [5.74, 6) is -1.33. The number of rotatable bonds is 4. The predicted molar refractivity (Wildman–Crippen MR) is 70.8 cm³/mol. The van der Waals surface area contributed by atoms with Gasteiger partial charge in [-0.05, 0) is 30.7 Å². The van der Waals surface area contributed by atoms with Crippen LogP contribution in [0.3, 0.4) is 0 Å². The summed E-state index contributed by atoms with van der Waals surface area (Å²) in [5.41, 5.74) is 1.41. The number of pyridine rings is 1. The molecule has 0 aliphatic heterocycles. The third-order valence-corrected chi connectivity index (χ3v) is 2.74. The average molecular weight is 275 g/mol. The number of aromatic nitrogens is 1. The molecule has 0 atom stereocenters. The molecule has 1 aromatic carbocycles. The van der Waals surface area contributed by atoms with E-state index in [2.05, 4.69) is 10.3 Å². The van der Waals surface area contributed by atoms with E-state index in [0.29, 0.717) is 12.1 Å². The van der Waals surface area contributed by atoms with Crippen molar-refractivity contribution in [2.24, 2.45) is 0 Å². The third kappa shape index (κ3) is 3.38. The Morgan fingerprint density at radius 3 is 2.60 bits per heavy atom. The number of nitrogens with zero attached hydrogens (tertiary/aromatic N) is 1. The van der Waals surface area contributed by atoms with Crippen molar-refractivity contribution in [1.82, 2.24) is 10.3 Å². The van der Waals surface area contributed by atoms with Crippen LogP contribution in [0.15, 0.2) is 36.5 Å². The first kappa shape index (κ1) is 14.1. The van der Waals surface area contributed by atoms with Crippen LogP contribution in [-0.4, -0.2) is 10.9 Å². The molecular weight excluding hydrogens is 262 g/mol. The molecule has 0 spiro atoms. The van der Waals surface area contributed by atoms with Crippen LogP contribution in [0.1, 0.15) is 28.5 Å². The number of amides is 1. The monoisotopic (exact) mass is 275 g/mol. The molecule has 0 saturated carbocycles. The minimum Gasteiger partial charge on any atom is -0.347 e. The molecule has 0 saturated heterocycles. The van der Waals surface area contributed by atoms with E-state index in [1.165, 1.54) is 18.7 Å². The van der Waals surface area contributed by atoms with Crippen LogP contribution in [-0.2, 0) is 6.42 Å². The topological polar surface area (TPSA) is 42.0 Å². The SMILES string of the molecule is C[CH]NC(=O)c1cc(F)cnc1Cc1ccc(F)cc1. The summed E-state index contributed by atoms with van der Waals surface area (Å²) < 4.78 is 26.1. The largest absolute Gasteiger partial charge is 0.347 e. The molecule has 2 aromatic rings. The second-order valence-corrected chi connectivity index (χ2v) is 4.21. The Morgan fingerprint density at radius 2 is 1.95 bits per heavy atom. The third-order valence-electron chi connectivity index (χ3n) is 2.74. The lowest BCUT2D eigenvalue weighted by Gasteiger charge is -2.08. The van der Waals surface area contributed by atoms with Gasteiger partial charge in [0.1, 0.15) is 11.6 Å². The minimum absolute atomic E-state index is 0.174. The maximum absolute atomic E-state index is 13.2. The van der Waals surface area contributed by atoms with Crippen molar-refractivity contribution in [3.8, 4) is 0 Å². The molecule has 1 heterocycles. The van der Waals surface area contributed by atoms with Gasteiger partial charge in [0.25, 0.3) is 5.91 Å². The Labute approximate surface area is 115 Å². The van der Waals surface area contributed by atoms with Gasteiger partial charge in [0, 0.05) is 13.0 Å². The molecule has 0 bridgehead atoms. The Bertz CT molecular complexity index is 612. The van der Waals surface area contributed by atoms with E-state index in [1.54, 1.807) is 19.1 Å². The van der Waals surface area contributed by atoms with Gasteiger partial charge < -0.3 is 5.32 Å². The number of benzene rings is 1. The highest BCUT2D eigenvalue weighted by Crippen LogP contribution is 2.14. The summed E-state index contributed by atoms with van der Waals surface area (Å²) in [5, 5.41) is 2.49. The van der Waals surface area contributed by atoms with Crippen LogP contribution in [0.4, 0.5) is 8.78 Å². The van der Waals surface area contributed by atoms with Crippen molar-refractivity contribution in [2.45, 2.75) is 13.3 Å². The molecule has 0 fully saturated rings. The Balaban J connectivity index is 2.31. The quantitative estimate of drug-likeness (QED) is 0.932. The van der Waals surface area contributed by atoms with Crippen LogP contribution < -0.4 is 5.32 Å². The molecule has 1 aromatic heterocycles. The van der Waals surface area contributed by atoms with Crippen molar-refractivity contribution < 1.29 is 13.6 Å². The molecule has 5 heteroatoms. The lowest BCUT2D eigenvalue weighted by atomic mass is 10.0. The maximum atomic E-state index is 13.2. The first-order valence-electron chi connectivity index (χ1n) is 6.07. The van der Waals surface area contributed by atoms with Crippen LogP contribution in [0.25, 0.3) is 0 Å². The zero-order valence-electron chi connectivity index (χ0n) is 10.9. The van der Waals surface area contributed by atoms with Crippen LogP contribution in [0.2, 0.25) is 0 Å². The fourth-order valence-corrected chi connectivity index (χ4v) is 1.81. The number of carbonyl (C=O) groups excluding carboxylic acids is 1. The number of carbonyl (C=O) groups is 1. The van der Waals surface area contributed by atoms with Gasteiger partial charge in [0.2, 0.25) is 0 Å². The number of hydrogen-bond donors (Lipinski definition) is 1. The van der Waals surface area contributed by atoms with Gasteiger partial charge >= 0.3 is 0 Å². The lowest BCUT2D eigenvalue weighted by molar-refractivity contribution is 0.0962. The summed E-state index contributed by atoms with van der Waals surface area (Å²) in [4.78, 5) is 15.8. The highest BCUT2D eigenvalue weighted by atomic mass is 19.1. The van der Waals surface area contributed by atoms with Gasteiger partial charge in [-0.2, -0.15) is 0 Å². The van der Waals surface area contributed by atoms with Crippen molar-refractivity contribution in [3.63, 3.8) is 0 Å². The Morgan fingerprint density at radius 1 is 1.25 bits per heavy atom. The van der Waals surface area contributed by atoms with Crippen molar-refractivity contribution in [3.05, 3.63) is 71.5 Å². The molecule has 3 nitrogen and oxygen atoms in total. The first-order valence-corrected chi connectivity index (χ1v) is 6.07. The summed E-state index contributed by atoms with van der Waals surface area (Å²) in [6.07, 6.45) is 1.39. The normalized spacial score (nSPS) is 10.3. The maximum Gasteiger partial charge on any atom is 0.253 e. The fraction of sp³-hybridized carbons (Fsp3) is 0.133. The van der Waals surface area contributed by atoms with Gasteiger partial charge in [0.05, 0.1) is 17.5 Å². The van der Waals surface area contributed by atoms with Crippen LogP contribution >= 0.6 is 0 Å². The first-order chi connectivity index (χ1) is 9.60. The van der Waals surface area contributed by atoms with E-state index in [-0.39, 0.29) is 11.4 Å². The molecule has 1 radical (unpaired) electrons. The Kier molecular flexibility index (Phi) is 4.40. The average Bonchev–Trinajstić information content (AvgIpc) is 2.43. The van der Waals surface area contributed by atoms with E-state index in [9.17, 15) is 13.6 Å². The summed E-state index contributed by atoms with van der Waals surface area (Å²) >= 11 is 0. The second-order valence-electron chi connectivity index (χ2n) is 4.21. The van der Waals surface area contributed by atoms with Crippen LogP contribution in [0, 0.1) is 18.2 Å². The van der Waals surface area contributed by atoms with Crippen molar-refractivity contribution >= 4 is 5.91 Å². The summed E-state index contributed by atoms with van der Waals surface area (Å²) in [6.45, 7) is 3.12. The van der Waals surface area contributed by atoms with E-state index in [0.717, 1.165) is 17.8 Å². The van der Waals surface area contributed by atoms with E-state index in [4.69, 9.17) is 0 Å². The molecule has 0 unspecified atom stereocenters. The van der Waals surface area contributed by atoms with Gasteiger partial charge in [-0.25, -0.2) is 8.78 Å². The molecule has 2 rings (SSSR count). The minimum atomic E-state index is -0.575. The smallest absolute Gasteiger partial charge is 0.253 e. The van der Waals surface area contributed by atoms with E-state index >= 15 is 0 Å².